The molecule has 1 rings (SSSR count). The summed E-state index contributed by atoms with van der Waals surface area (Å²) in [4.78, 5) is 0. The zero-order valence-electron chi connectivity index (χ0n) is 8.99. The average molecular weight is 281 g/mol. The van der Waals surface area contributed by atoms with Gasteiger partial charge >= 0.3 is 0 Å². The normalized spacial score (nSPS) is 13.7. The van der Waals surface area contributed by atoms with Crippen LogP contribution in [0.15, 0.2) is 24.3 Å². The minimum atomic E-state index is -3.09. The zero-order valence-corrected chi connectivity index (χ0v) is 11.3. The van der Waals surface area contributed by atoms with Gasteiger partial charge in [0.15, 0.2) is 9.84 Å². The summed E-state index contributed by atoms with van der Waals surface area (Å²) in [6, 6.07) is 6.84. The van der Waals surface area contributed by atoms with Gasteiger partial charge in [0, 0.05) is 10.9 Å². The van der Waals surface area contributed by atoms with Crippen molar-refractivity contribution < 1.29 is 8.42 Å². The van der Waals surface area contributed by atoms with Gasteiger partial charge in [0.05, 0.1) is 11.5 Å². The Kier molecular flexibility index (Phi) is 5.09. The summed E-state index contributed by atoms with van der Waals surface area (Å²) < 4.78 is 23.5. The monoisotopic (exact) mass is 280 g/mol. The molecular formula is C11H14Cl2O2S. The minimum Gasteiger partial charge on any atom is -0.228 e. The predicted molar refractivity (Wildman–Crippen MR) is 68.8 cm³/mol. The van der Waals surface area contributed by atoms with Gasteiger partial charge < -0.3 is 0 Å². The smallest absolute Gasteiger partial charge is 0.154 e. The second kappa shape index (κ2) is 5.89. The van der Waals surface area contributed by atoms with Gasteiger partial charge in [-0.2, -0.15) is 0 Å². The number of alkyl halides is 1. The van der Waals surface area contributed by atoms with Crippen molar-refractivity contribution in [1.82, 2.24) is 0 Å². The molecule has 0 fully saturated rings. The molecule has 0 saturated heterocycles. The summed E-state index contributed by atoms with van der Waals surface area (Å²) in [5.41, 5.74) is 0.756. The van der Waals surface area contributed by atoms with Crippen molar-refractivity contribution in [3.63, 3.8) is 0 Å². The molecule has 1 aromatic carbocycles. The van der Waals surface area contributed by atoms with Crippen molar-refractivity contribution in [2.24, 2.45) is 5.92 Å². The molecule has 0 aliphatic rings. The Balaban J connectivity index is 2.69. The lowest BCUT2D eigenvalue weighted by Gasteiger charge is -2.08. The van der Waals surface area contributed by atoms with Crippen LogP contribution in [-0.4, -0.2) is 20.1 Å². The van der Waals surface area contributed by atoms with Gasteiger partial charge in [-0.3, -0.25) is 0 Å². The summed E-state index contributed by atoms with van der Waals surface area (Å²) in [6.07, 6.45) is 0. The molecule has 0 bridgehead atoms. The molecule has 0 aliphatic heterocycles. The maximum Gasteiger partial charge on any atom is 0.154 e. The first kappa shape index (κ1) is 13.8. The fourth-order valence-corrected chi connectivity index (χ4v) is 3.54. The SMILES string of the molecule is CC(CCl)CS(=O)(=O)Cc1ccc(Cl)cc1. The Morgan fingerprint density at radius 2 is 1.81 bits per heavy atom. The van der Waals surface area contributed by atoms with Crippen molar-refractivity contribution in [2.45, 2.75) is 12.7 Å². The van der Waals surface area contributed by atoms with Crippen molar-refractivity contribution in [3.8, 4) is 0 Å². The van der Waals surface area contributed by atoms with E-state index in [1.807, 2.05) is 6.92 Å². The van der Waals surface area contributed by atoms with Crippen LogP contribution < -0.4 is 0 Å². The molecule has 0 amide bonds. The maximum absolute atomic E-state index is 11.8. The summed E-state index contributed by atoms with van der Waals surface area (Å²) in [5.74, 6) is 0.517. The van der Waals surface area contributed by atoms with E-state index in [0.29, 0.717) is 10.9 Å². The molecule has 5 heteroatoms. The quantitative estimate of drug-likeness (QED) is 0.777. The van der Waals surface area contributed by atoms with Crippen LogP contribution in [0.25, 0.3) is 0 Å². The highest BCUT2D eigenvalue weighted by Crippen LogP contribution is 2.14. The van der Waals surface area contributed by atoms with Gasteiger partial charge in [0.25, 0.3) is 0 Å². The highest BCUT2D eigenvalue weighted by Gasteiger charge is 2.15. The number of halogens is 2. The molecule has 0 spiro atoms. The number of benzene rings is 1. The van der Waals surface area contributed by atoms with Gasteiger partial charge in [-0.15, -0.1) is 11.6 Å². The number of sulfone groups is 1. The van der Waals surface area contributed by atoms with E-state index in [9.17, 15) is 8.42 Å². The van der Waals surface area contributed by atoms with E-state index >= 15 is 0 Å². The molecule has 2 nitrogen and oxygen atoms in total. The third-order valence-corrected chi connectivity index (χ3v) is 4.73. The lowest BCUT2D eigenvalue weighted by Crippen LogP contribution is -2.16. The molecule has 1 aromatic rings. The van der Waals surface area contributed by atoms with Crippen LogP contribution in [-0.2, 0) is 15.6 Å². The van der Waals surface area contributed by atoms with Gasteiger partial charge in [-0.1, -0.05) is 30.7 Å². The van der Waals surface area contributed by atoms with Crippen LogP contribution in [0, 0.1) is 5.92 Å². The predicted octanol–water partition coefficient (Wildman–Crippen LogP) is 3.13. The zero-order chi connectivity index (χ0) is 12.2. The molecule has 0 aliphatic carbocycles. The Bertz CT molecular complexity index is 426. The summed E-state index contributed by atoms with van der Waals surface area (Å²) in [7, 11) is -3.09. The van der Waals surface area contributed by atoms with Crippen LogP contribution in [0.1, 0.15) is 12.5 Å². The van der Waals surface area contributed by atoms with Gasteiger partial charge in [-0.05, 0) is 23.6 Å². The van der Waals surface area contributed by atoms with E-state index in [0.717, 1.165) is 5.56 Å². The molecule has 1 unspecified atom stereocenters. The topological polar surface area (TPSA) is 34.1 Å². The second-order valence-electron chi connectivity index (χ2n) is 3.94. The Morgan fingerprint density at radius 3 is 2.31 bits per heavy atom. The summed E-state index contributed by atoms with van der Waals surface area (Å²) in [5, 5.41) is 0.607. The highest BCUT2D eigenvalue weighted by molar-refractivity contribution is 7.90. The van der Waals surface area contributed by atoms with Crippen LogP contribution in [0.5, 0.6) is 0 Å². The Hall–Kier alpha value is -0.250. The first-order valence-corrected chi connectivity index (χ1v) is 7.67. The first-order chi connectivity index (χ1) is 7.43. The molecule has 1 atom stereocenters. The van der Waals surface area contributed by atoms with E-state index in [1.165, 1.54) is 0 Å². The van der Waals surface area contributed by atoms with Crippen molar-refractivity contribution in [3.05, 3.63) is 34.9 Å². The third kappa shape index (κ3) is 4.73. The molecular weight excluding hydrogens is 267 g/mol. The lowest BCUT2D eigenvalue weighted by atomic mass is 10.2. The number of hydrogen-bond acceptors (Lipinski definition) is 2. The standard InChI is InChI=1S/C11H14Cl2O2S/c1-9(6-12)7-16(14,15)8-10-2-4-11(13)5-3-10/h2-5,9H,6-8H2,1H3. The molecule has 0 radical (unpaired) electrons. The highest BCUT2D eigenvalue weighted by atomic mass is 35.5. The lowest BCUT2D eigenvalue weighted by molar-refractivity contribution is 0.582. The summed E-state index contributed by atoms with van der Waals surface area (Å²) >= 11 is 11.3. The Labute approximate surface area is 106 Å². The molecule has 0 N–H and O–H groups in total. The second-order valence-corrected chi connectivity index (χ2v) is 6.79. The average Bonchev–Trinajstić information content (AvgIpc) is 2.20. The minimum absolute atomic E-state index is 0.0148. The largest absolute Gasteiger partial charge is 0.228 e. The van der Waals surface area contributed by atoms with Crippen LogP contribution in [0.3, 0.4) is 0 Å². The molecule has 90 valence electrons. The van der Waals surface area contributed by atoms with E-state index in [1.54, 1.807) is 24.3 Å². The van der Waals surface area contributed by atoms with Crippen LogP contribution >= 0.6 is 23.2 Å². The third-order valence-electron chi connectivity index (χ3n) is 2.10. The van der Waals surface area contributed by atoms with Crippen LogP contribution in [0.4, 0.5) is 0 Å². The van der Waals surface area contributed by atoms with Gasteiger partial charge in [0.2, 0.25) is 0 Å². The molecule has 0 saturated carbocycles. The Morgan fingerprint density at radius 1 is 1.25 bits per heavy atom. The van der Waals surface area contributed by atoms with E-state index in [4.69, 9.17) is 23.2 Å². The number of hydrogen-bond donors (Lipinski definition) is 0. The van der Waals surface area contributed by atoms with Crippen molar-refractivity contribution >= 4 is 33.0 Å². The molecule has 0 aromatic heterocycles. The van der Waals surface area contributed by atoms with Crippen molar-refractivity contribution in [1.29, 1.82) is 0 Å². The van der Waals surface area contributed by atoms with Gasteiger partial charge in [0.1, 0.15) is 0 Å². The van der Waals surface area contributed by atoms with E-state index in [2.05, 4.69) is 0 Å². The summed E-state index contributed by atoms with van der Waals surface area (Å²) in [6.45, 7) is 1.83. The van der Waals surface area contributed by atoms with Gasteiger partial charge in [-0.25, -0.2) is 8.42 Å². The maximum atomic E-state index is 11.8. The van der Waals surface area contributed by atoms with Crippen LogP contribution in [0.2, 0.25) is 5.02 Å². The first-order valence-electron chi connectivity index (χ1n) is 4.94. The van der Waals surface area contributed by atoms with E-state index in [-0.39, 0.29) is 17.4 Å². The fourth-order valence-electron chi connectivity index (χ4n) is 1.37. The van der Waals surface area contributed by atoms with Crippen molar-refractivity contribution in [2.75, 3.05) is 11.6 Å². The number of rotatable bonds is 5. The molecule has 16 heavy (non-hydrogen) atoms. The van der Waals surface area contributed by atoms with E-state index < -0.39 is 9.84 Å². The fraction of sp³-hybridized carbons (Fsp3) is 0.455. The molecule has 0 heterocycles.